The normalized spacial score (nSPS) is 15.7. The van der Waals surface area contributed by atoms with Crippen molar-refractivity contribution in [1.29, 1.82) is 0 Å². The molecule has 0 spiro atoms. The number of pyridine rings is 1. The average Bonchev–Trinajstić information content (AvgIpc) is 3.28. The molecule has 2 N–H and O–H groups in total. The van der Waals surface area contributed by atoms with Crippen molar-refractivity contribution >= 4 is 23.3 Å². The number of aryl methyl sites for hydroxylation is 1. The number of nitrogens with one attached hydrogen (secondary N) is 1. The minimum Gasteiger partial charge on any atom is -0.396 e. The summed E-state index contributed by atoms with van der Waals surface area (Å²) in [7, 11) is 0. The van der Waals surface area contributed by atoms with E-state index in [9.17, 15) is 4.79 Å². The average molecular weight is 333 g/mol. The minimum atomic E-state index is 0.0555. The van der Waals surface area contributed by atoms with Crippen molar-refractivity contribution in [3.63, 3.8) is 0 Å². The molecule has 1 aliphatic carbocycles. The molecule has 1 aliphatic rings. The second-order valence-electron chi connectivity index (χ2n) is 6.22. The fraction of sp³-hybridized carbons (Fsp3) is 0.529. The van der Waals surface area contributed by atoms with E-state index in [1.807, 2.05) is 22.7 Å². The Labute approximate surface area is 140 Å². The molecule has 23 heavy (non-hydrogen) atoms. The highest BCUT2D eigenvalue weighted by Gasteiger charge is 2.31. The van der Waals surface area contributed by atoms with Crippen molar-refractivity contribution in [3.05, 3.63) is 35.8 Å². The largest absolute Gasteiger partial charge is 0.396 e. The minimum absolute atomic E-state index is 0.0555. The number of aromatic nitrogens is 2. The van der Waals surface area contributed by atoms with E-state index in [0.717, 1.165) is 17.1 Å². The first kappa shape index (κ1) is 16.3. The molecule has 5 nitrogen and oxygen atoms in total. The number of nitrogens with zero attached hydrogens (tertiary/aromatic N) is 2. The number of hydrogen-bond donors (Lipinski definition) is 2. The van der Waals surface area contributed by atoms with Crippen molar-refractivity contribution in [2.45, 2.75) is 38.0 Å². The molecule has 0 aliphatic heterocycles. The summed E-state index contributed by atoms with van der Waals surface area (Å²) in [5.41, 5.74) is 3.12. The van der Waals surface area contributed by atoms with Gasteiger partial charge in [-0.1, -0.05) is 6.07 Å². The maximum Gasteiger partial charge on any atom is 0.230 e. The number of imidazole rings is 1. The Morgan fingerprint density at radius 1 is 1.48 bits per heavy atom. The first-order chi connectivity index (χ1) is 11.2. The maximum atomic E-state index is 12.0. The van der Waals surface area contributed by atoms with E-state index in [0.29, 0.717) is 18.1 Å². The SMILES string of the molecule is Cc1ccc2nc(CSCC(=O)NC(CCO)C3CC3)cn2c1. The van der Waals surface area contributed by atoms with Crippen molar-refractivity contribution in [2.24, 2.45) is 5.92 Å². The molecule has 1 unspecified atom stereocenters. The van der Waals surface area contributed by atoms with Crippen molar-refractivity contribution in [2.75, 3.05) is 12.4 Å². The van der Waals surface area contributed by atoms with E-state index < -0.39 is 0 Å². The molecular weight excluding hydrogens is 310 g/mol. The molecule has 124 valence electrons. The molecule has 6 heteroatoms. The number of aliphatic hydroxyl groups is 1. The topological polar surface area (TPSA) is 66.6 Å². The van der Waals surface area contributed by atoms with Crippen LogP contribution in [0.15, 0.2) is 24.5 Å². The van der Waals surface area contributed by atoms with E-state index >= 15 is 0 Å². The van der Waals surface area contributed by atoms with Gasteiger partial charge in [0, 0.05) is 30.8 Å². The Balaban J connectivity index is 1.46. The van der Waals surface area contributed by atoms with E-state index in [2.05, 4.69) is 23.4 Å². The van der Waals surface area contributed by atoms with Gasteiger partial charge in [0.05, 0.1) is 11.4 Å². The van der Waals surface area contributed by atoms with Gasteiger partial charge in [-0.3, -0.25) is 4.79 Å². The highest BCUT2D eigenvalue weighted by Crippen LogP contribution is 2.33. The van der Waals surface area contributed by atoms with Gasteiger partial charge in [0.15, 0.2) is 0 Å². The van der Waals surface area contributed by atoms with Crippen LogP contribution < -0.4 is 5.32 Å². The van der Waals surface area contributed by atoms with Gasteiger partial charge in [0.25, 0.3) is 0 Å². The summed E-state index contributed by atoms with van der Waals surface area (Å²) < 4.78 is 2.02. The van der Waals surface area contributed by atoms with Gasteiger partial charge in [-0.15, -0.1) is 11.8 Å². The molecule has 0 aromatic carbocycles. The molecule has 2 aromatic rings. The third-order valence-electron chi connectivity index (χ3n) is 4.11. The number of fused-ring (bicyclic) bond motifs is 1. The summed E-state index contributed by atoms with van der Waals surface area (Å²) in [6.07, 6.45) is 7.06. The standard InChI is InChI=1S/C17H23N3O2S/c1-12-2-5-16-18-14(9-20(16)8-12)10-23-11-17(22)19-15(6-7-21)13-3-4-13/h2,5,8-9,13,15,21H,3-4,6-7,10-11H2,1H3,(H,19,22). The van der Waals surface area contributed by atoms with Crippen LogP contribution in [0.4, 0.5) is 0 Å². The van der Waals surface area contributed by atoms with Gasteiger partial charge in [-0.25, -0.2) is 4.98 Å². The maximum absolute atomic E-state index is 12.0. The van der Waals surface area contributed by atoms with Crippen LogP contribution in [-0.2, 0) is 10.5 Å². The lowest BCUT2D eigenvalue weighted by molar-refractivity contribution is -0.119. The molecule has 0 bridgehead atoms. The number of amides is 1. The molecule has 3 rings (SSSR count). The lowest BCUT2D eigenvalue weighted by atomic mass is 10.1. The molecule has 2 aromatic heterocycles. The zero-order valence-electron chi connectivity index (χ0n) is 13.4. The van der Waals surface area contributed by atoms with Crippen molar-refractivity contribution in [1.82, 2.24) is 14.7 Å². The highest BCUT2D eigenvalue weighted by molar-refractivity contribution is 7.99. The van der Waals surface area contributed by atoms with Crippen molar-refractivity contribution in [3.8, 4) is 0 Å². The zero-order valence-corrected chi connectivity index (χ0v) is 14.2. The van der Waals surface area contributed by atoms with Gasteiger partial charge in [-0.2, -0.15) is 0 Å². The summed E-state index contributed by atoms with van der Waals surface area (Å²) in [6, 6.07) is 4.20. The number of thioether (sulfide) groups is 1. The predicted octanol–water partition coefficient (Wildman–Crippen LogP) is 2.15. The molecular formula is C17H23N3O2S. The molecule has 1 amide bonds. The Kier molecular flexibility index (Phi) is 5.23. The first-order valence-corrected chi connectivity index (χ1v) is 9.23. The second-order valence-corrected chi connectivity index (χ2v) is 7.21. The van der Waals surface area contributed by atoms with Gasteiger partial charge >= 0.3 is 0 Å². The first-order valence-electron chi connectivity index (χ1n) is 8.08. The third-order valence-corrected chi connectivity index (χ3v) is 5.08. The number of hydrogen-bond acceptors (Lipinski definition) is 4. The third kappa shape index (κ3) is 4.48. The summed E-state index contributed by atoms with van der Waals surface area (Å²) in [6.45, 7) is 2.19. The highest BCUT2D eigenvalue weighted by atomic mass is 32.2. The van der Waals surface area contributed by atoms with Crippen LogP contribution in [0.2, 0.25) is 0 Å². The van der Waals surface area contributed by atoms with E-state index in [-0.39, 0.29) is 18.6 Å². The number of aliphatic hydroxyl groups excluding tert-OH is 1. The van der Waals surface area contributed by atoms with Gasteiger partial charge in [-0.05, 0) is 43.7 Å². The lowest BCUT2D eigenvalue weighted by Gasteiger charge is -2.16. The summed E-state index contributed by atoms with van der Waals surface area (Å²) in [4.78, 5) is 16.6. The van der Waals surface area contributed by atoms with Crippen LogP contribution in [0.5, 0.6) is 0 Å². The van der Waals surface area contributed by atoms with E-state index in [1.54, 1.807) is 11.8 Å². The van der Waals surface area contributed by atoms with Gasteiger partial charge in [0.2, 0.25) is 5.91 Å². The predicted molar refractivity (Wildman–Crippen MR) is 92.4 cm³/mol. The smallest absolute Gasteiger partial charge is 0.230 e. The van der Waals surface area contributed by atoms with Crippen LogP contribution in [0.1, 0.15) is 30.5 Å². The van der Waals surface area contributed by atoms with E-state index in [1.165, 1.54) is 18.4 Å². The van der Waals surface area contributed by atoms with Crippen LogP contribution >= 0.6 is 11.8 Å². The Bertz CT molecular complexity index is 682. The van der Waals surface area contributed by atoms with E-state index in [4.69, 9.17) is 5.11 Å². The van der Waals surface area contributed by atoms with Crippen LogP contribution in [0.3, 0.4) is 0 Å². The number of carbonyl (C=O) groups excluding carboxylic acids is 1. The molecule has 0 saturated heterocycles. The van der Waals surface area contributed by atoms with Crippen LogP contribution in [-0.4, -0.2) is 38.8 Å². The fourth-order valence-electron chi connectivity index (χ4n) is 2.79. The zero-order chi connectivity index (χ0) is 16.2. The molecule has 1 atom stereocenters. The molecule has 1 saturated carbocycles. The van der Waals surface area contributed by atoms with Gasteiger partial charge in [0.1, 0.15) is 5.65 Å². The molecule has 1 fully saturated rings. The summed E-state index contributed by atoms with van der Waals surface area (Å²) >= 11 is 1.58. The number of rotatable bonds is 8. The molecule has 0 radical (unpaired) electrons. The second kappa shape index (κ2) is 7.36. The summed E-state index contributed by atoms with van der Waals surface area (Å²) in [5.74, 6) is 1.78. The molecule has 2 heterocycles. The quantitative estimate of drug-likeness (QED) is 0.777. The monoisotopic (exact) mass is 333 g/mol. The lowest BCUT2D eigenvalue weighted by Crippen LogP contribution is -2.38. The fourth-order valence-corrected chi connectivity index (χ4v) is 3.50. The Morgan fingerprint density at radius 2 is 2.30 bits per heavy atom. The number of carbonyl (C=O) groups is 1. The van der Waals surface area contributed by atoms with Crippen molar-refractivity contribution < 1.29 is 9.90 Å². The Hall–Kier alpha value is -1.53. The van der Waals surface area contributed by atoms with Crippen LogP contribution in [0, 0.1) is 12.8 Å². The van der Waals surface area contributed by atoms with Gasteiger partial charge < -0.3 is 14.8 Å². The Morgan fingerprint density at radius 3 is 3.04 bits per heavy atom. The summed E-state index contributed by atoms with van der Waals surface area (Å²) in [5, 5.41) is 12.1. The van der Waals surface area contributed by atoms with Crippen LogP contribution in [0.25, 0.3) is 5.65 Å².